The van der Waals surface area contributed by atoms with Gasteiger partial charge < -0.3 is 9.80 Å². The second kappa shape index (κ2) is 7.72. The van der Waals surface area contributed by atoms with E-state index in [2.05, 4.69) is 26.3 Å². The van der Waals surface area contributed by atoms with Crippen molar-refractivity contribution in [1.82, 2.24) is 24.9 Å². The maximum Gasteiger partial charge on any atom is 0.276 e. The van der Waals surface area contributed by atoms with E-state index in [-0.39, 0.29) is 5.91 Å². The van der Waals surface area contributed by atoms with Crippen molar-refractivity contribution in [2.24, 2.45) is 0 Å². The summed E-state index contributed by atoms with van der Waals surface area (Å²) in [5.41, 5.74) is 3.73. The van der Waals surface area contributed by atoms with Crippen LogP contribution in [0.4, 0.5) is 5.82 Å². The van der Waals surface area contributed by atoms with Crippen LogP contribution >= 0.6 is 0 Å². The van der Waals surface area contributed by atoms with Gasteiger partial charge in [0.25, 0.3) is 5.91 Å². The number of nitriles is 1. The number of benzene rings is 1. The van der Waals surface area contributed by atoms with Crippen molar-refractivity contribution >= 4 is 11.7 Å². The minimum absolute atomic E-state index is 0.112. The summed E-state index contributed by atoms with van der Waals surface area (Å²) in [6, 6.07) is 13.5. The summed E-state index contributed by atoms with van der Waals surface area (Å²) in [6.07, 6.45) is 1.64. The summed E-state index contributed by atoms with van der Waals surface area (Å²) in [5, 5.41) is 17.4. The first-order chi connectivity index (χ1) is 14.1. The molecule has 0 saturated carbocycles. The van der Waals surface area contributed by atoms with E-state index < -0.39 is 0 Å². The molecule has 0 bridgehead atoms. The second-order valence-electron chi connectivity index (χ2n) is 7.06. The lowest BCUT2D eigenvalue weighted by molar-refractivity contribution is 0.0739. The monoisotopic (exact) mass is 387 g/mol. The Morgan fingerprint density at radius 3 is 2.48 bits per heavy atom. The van der Waals surface area contributed by atoms with Crippen LogP contribution in [0.25, 0.3) is 5.69 Å². The van der Waals surface area contributed by atoms with Crippen molar-refractivity contribution < 1.29 is 4.79 Å². The van der Waals surface area contributed by atoms with Crippen molar-refractivity contribution in [3.8, 4) is 11.8 Å². The molecule has 0 atom stereocenters. The largest absolute Gasteiger partial charge is 0.353 e. The van der Waals surface area contributed by atoms with E-state index >= 15 is 0 Å². The highest BCUT2D eigenvalue weighted by Gasteiger charge is 2.27. The van der Waals surface area contributed by atoms with Crippen LogP contribution in [0.1, 0.15) is 27.3 Å². The first-order valence-electron chi connectivity index (χ1n) is 9.46. The summed E-state index contributed by atoms with van der Waals surface area (Å²) < 4.78 is 1.69. The van der Waals surface area contributed by atoms with E-state index in [4.69, 9.17) is 5.26 Å². The van der Waals surface area contributed by atoms with E-state index in [1.165, 1.54) is 0 Å². The van der Waals surface area contributed by atoms with Gasteiger partial charge in [0.2, 0.25) is 0 Å². The van der Waals surface area contributed by atoms with Gasteiger partial charge >= 0.3 is 0 Å². The first-order valence-corrected chi connectivity index (χ1v) is 9.46. The molecule has 8 heteroatoms. The van der Waals surface area contributed by atoms with Crippen LogP contribution in [0.5, 0.6) is 0 Å². The van der Waals surface area contributed by atoms with Gasteiger partial charge in [0, 0.05) is 32.4 Å². The van der Waals surface area contributed by atoms with Gasteiger partial charge in [0.1, 0.15) is 5.82 Å². The molecule has 29 heavy (non-hydrogen) atoms. The molecule has 1 aliphatic heterocycles. The zero-order valence-electron chi connectivity index (χ0n) is 16.4. The first kappa shape index (κ1) is 18.6. The molecule has 2 aromatic heterocycles. The Bertz CT molecular complexity index is 1070. The maximum atomic E-state index is 13.0. The summed E-state index contributed by atoms with van der Waals surface area (Å²) >= 11 is 0. The predicted octanol–water partition coefficient (Wildman–Crippen LogP) is 2.11. The number of hydrogen-bond acceptors (Lipinski definition) is 6. The molecule has 1 saturated heterocycles. The molecule has 0 radical (unpaired) electrons. The van der Waals surface area contributed by atoms with Crippen molar-refractivity contribution in [2.45, 2.75) is 13.8 Å². The minimum atomic E-state index is -0.112. The highest BCUT2D eigenvalue weighted by molar-refractivity contribution is 5.93. The number of nitrogens with zero attached hydrogens (tertiary/aromatic N) is 7. The number of amides is 1. The number of carbonyl (C=O) groups is 1. The standard InChI is InChI=1S/C21H21N7O/c1-15-3-5-18(6-4-15)28-16(2)20(24-25-28)21(29)27-11-9-26(10-12-27)19-13-17(14-22)7-8-23-19/h3-8,13H,9-12H2,1-2H3. The Morgan fingerprint density at radius 1 is 1.07 bits per heavy atom. The Kier molecular flexibility index (Phi) is 4.96. The average molecular weight is 387 g/mol. The zero-order chi connectivity index (χ0) is 20.4. The van der Waals surface area contributed by atoms with E-state index in [0.29, 0.717) is 37.4 Å². The van der Waals surface area contributed by atoms with Crippen LogP contribution in [-0.2, 0) is 0 Å². The smallest absolute Gasteiger partial charge is 0.276 e. The molecule has 1 aliphatic rings. The van der Waals surface area contributed by atoms with Gasteiger partial charge in [-0.3, -0.25) is 4.79 Å². The van der Waals surface area contributed by atoms with Crippen LogP contribution in [-0.4, -0.2) is 57.0 Å². The summed E-state index contributed by atoms with van der Waals surface area (Å²) in [6.45, 7) is 6.32. The topological polar surface area (TPSA) is 90.9 Å². The lowest BCUT2D eigenvalue weighted by Gasteiger charge is -2.35. The minimum Gasteiger partial charge on any atom is -0.353 e. The highest BCUT2D eigenvalue weighted by atomic mass is 16.2. The molecule has 1 aromatic carbocycles. The Hall–Kier alpha value is -3.73. The number of aromatic nitrogens is 4. The van der Waals surface area contributed by atoms with E-state index in [1.807, 2.05) is 38.1 Å². The zero-order valence-corrected chi connectivity index (χ0v) is 16.4. The summed E-state index contributed by atoms with van der Waals surface area (Å²) in [4.78, 5) is 21.2. The number of aryl methyl sites for hydroxylation is 1. The average Bonchev–Trinajstić information content (AvgIpc) is 3.15. The highest BCUT2D eigenvalue weighted by Crippen LogP contribution is 2.18. The van der Waals surface area contributed by atoms with Crippen molar-refractivity contribution in [1.29, 1.82) is 5.26 Å². The molecule has 1 amide bonds. The van der Waals surface area contributed by atoms with Gasteiger partial charge in [-0.15, -0.1) is 5.10 Å². The van der Waals surface area contributed by atoms with Gasteiger partial charge in [-0.05, 0) is 38.1 Å². The lowest BCUT2D eigenvalue weighted by Crippen LogP contribution is -2.49. The van der Waals surface area contributed by atoms with Crippen LogP contribution < -0.4 is 4.90 Å². The Morgan fingerprint density at radius 2 is 1.79 bits per heavy atom. The molecule has 4 rings (SSSR count). The van der Waals surface area contributed by atoms with E-state index in [9.17, 15) is 4.79 Å². The normalized spacial score (nSPS) is 14.0. The van der Waals surface area contributed by atoms with Gasteiger partial charge in [0.05, 0.1) is 23.0 Å². The maximum absolute atomic E-state index is 13.0. The predicted molar refractivity (Wildman–Crippen MR) is 108 cm³/mol. The number of pyridine rings is 1. The SMILES string of the molecule is Cc1ccc(-n2nnc(C(=O)N3CCN(c4cc(C#N)ccn4)CC3)c2C)cc1. The van der Waals surface area contributed by atoms with Gasteiger partial charge in [-0.2, -0.15) is 5.26 Å². The fourth-order valence-corrected chi connectivity index (χ4v) is 3.41. The molecule has 8 nitrogen and oxygen atoms in total. The van der Waals surface area contributed by atoms with Crippen LogP contribution in [0, 0.1) is 25.2 Å². The summed E-state index contributed by atoms with van der Waals surface area (Å²) in [5.74, 6) is 0.650. The molecule has 0 N–H and O–H groups in total. The molecular formula is C21H21N7O. The second-order valence-corrected chi connectivity index (χ2v) is 7.06. The van der Waals surface area contributed by atoms with Crippen LogP contribution in [0.15, 0.2) is 42.6 Å². The third-order valence-electron chi connectivity index (χ3n) is 5.14. The van der Waals surface area contributed by atoms with Crippen molar-refractivity contribution in [3.63, 3.8) is 0 Å². The molecule has 3 heterocycles. The van der Waals surface area contributed by atoms with E-state index in [1.54, 1.807) is 27.9 Å². The molecule has 3 aromatic rings. The van der Waals surface area contributed by atoms with Gasteiger partial charge in [-0.1, -0.05) is 22.9 Å². The van der Waals surface area contributed by atoms with Gasteiger partial charge in [-0.25, -0.2) is 9.67 Å². The molecular weight excluding hydrogens is 366 g/mol. The Labute approximate surface area is 169 Å². The molecule has 146 valence electrons. The van der Waals surface area contributed by atoms with Gasteiger partial charge in [0.15, 0.2) is 5.69 Å². The number of piperazine rings is 1. The van der Waals surface area contributed by atoms with Crippen LogP contribution in [0.3, 0.4) is 0 Å². The van der Waals surface area contributed by atoms with E-state index in [0.717, 1.165) is 22.8 Å². The molecule has 1 fully saturated rings. The number of carbonyl (C=O) groups excluding carboxylic acids is 1. The number of rotatable bonds is 3. The van der Waals surface area contributed by atoms with Crippen molar-refractivity contribution in [3.05, 3.63) is 65.1 Å². The quantitative estimate of drug-likeness (QED) is 0.684. The summed E-state index contributed by atoms with van der Waals surface area (Å²) in [7, 11) is 0. The van der Waals surface area contributed by atoms with Crippen LogP contribution in [0.2, 0.25) is 0 Å². The third kappa shape index (κ3) is 3.67. The molecule has 0 spiro atoms. The third-order valence-corrected chi connectivity index (χ3v) is 5.14. The fraction of sp³-hybridized carbons (Fsp3) is 0.286. The molecule has 0 aliphatic carbocycles. The number of anilines is 1. The lowest BCUT2D eigenvalue weighted by atomic mass is 10.2. The van der Waals surface area contributed by atoms with Crippen molar-refractivity contribution in [2.75, 3.05) is 31.1 Å². The fourth-order valence-electron chi connectivity index (χ4n) is 3.41. The molecule has 0 unspecified atom stereocenters. The Balaban J connectivity index is 1.46. The number of hydrogen-bond donors (Lipinski definition) is 0.